The average Bonchev–Trinajstić information content (AvgIpc) is 3.13. The minimum Gasteiger partial charge on any atom is -0.491 e. The lowest BCUT2D eigenvalue weighted by molar-refractivity contribution is 0.0977. The summed E-state index contributed by atoms with van der Waals surface area (Å²) in [7, 11) is 0. The Morgan fingerprint density at radius 2 is 2.15 bits per heavy atom. The molecule has 0 aliphatic rings. The average molecular weight is 421 g/mol. The van der Waals surface area contributed by atoms with Crippen LogP contribution in [0.4, 0.5) is 5.69 Å². The minimum atomic E-state index is -0.346. The zero-order chi connectivity index (χ0) is 19.4. The van der Waals surface area contributed by atoms with E-state index in [9.17, 15) is 4.79 Å². The summed E-state index contributed by atoms with van der Waals surface area (Å²) in [6, 6.07) is 10.4. The molecule has 140 valence electrons. The number of carbonyl (C=O) groups excluding carboxylic acids is 1. The Labute approximate surface area is 171 Å². The van der Waals surface area contributed by atoms with Crippen LogP contribution in [0.2, 0.25) is 5.02 Å². The van der Waals surface area contributed by atoms with Gasteiger partial charge in [-0.25, -0.2) is 0 Å². The van der Waals surface area contributed by atoms with E-state index in [1.54, 1.807) is 30.3 Å². The number of thiocarbonyl (C=S) groups is 1. The number of carbonyl (C=O) groups is 1. The van der Waals surface area contributed by atoms with E-state index in [0.717, 1.165) is 18.1 Å². The number of halogens is 1. The number of rotatable bonds is 5. The molecular weight excluding hydrogens is 404 g/mol. The van der Waals surface area contributed by atoms with Crippen LogP contribution in [0.3, 0.4) is 0 Å². The second kappa shape index (κ2) is 8.60. The van der Waals surface area contributed by atoms with Gasteiger partial charge in [-0.15, -0.1) is 0 Å². The van der Waals surface area contributed by atoms with Gasteiger partial charge in [-0.05, 0) is 55.9 Å². The number of hydrogen-bond acceptors (Lipinski definition) is 6. The Morgan fingerprint density at radius 3 is 2.93 bits per heavy atom. The van der Waals surface area contributed by atoms with E-state index in [1.807, 2.05) is 19.9 Å². The maximum absolute atomic E-state index is 12.5. The summed E-state index contributed by atoms with van der Waals surface area (Å²) in [5.74, 6) is 0.291. The van der Waals surface area contributed by atoms with Crippen LogP contribution in [0, 0.1) is 0 Å². The number of benzene rings is 2. The Bertz CT molecular complexity index is 992. The van der Waals surface area contributed by atoms with Crippen molar-refractivity contribution in [2.45, 2.75) is 26.4 Å². The standard InChI is InChI=1S/C18H17ClN4O2S2/c1-3-10(2)25-12-6-4-5-11(9-12)17(24)21-18(26)20-15-13(19)7-8-14-16(15)23-27-22-14/h4-10H,3H2,1-2H3,(H2,20,21,24,26). The molecule has 1 heterocycles. The Morgan fingerprint density at radius 1 is 1.33 bits per heavy atom. The monoisotopic (exact) mass is 420 g/mol. The van der Waals surface area contributed by atoms with Crippen molar-refractivity contribution in [1.82, 2.24) is 14.1 Å². The first-order chi connectivity index (χ1) is 13.0. The molecule has 3 aromatic rings. The normalized spacial score (nSPS) is 11.8. The molecule has 2 aromatic carbocycles. The van der Waals surface area contributed by atoms with Crippen molar-refractivity contribution in [3.05, 3.63) is 47.0 Å². The van der Waals surface area contributed by atoms with Gasteiger partial charge < -0.3 is 10.1 Å². The largest absolute Gasteiger partial charge is 0.491 e. The highest BCUT2D eigenvalue weighted by atomic mass is 35.5. The third-order valence-electron chi connectivity index (χ3n) is 3.85. The molecule has 0 radical (unpaired) electrons. The van der Waals surface area contributed by atoms with E-state index in [4.69, 9.17) is 28.6 Å². The smallest absolute Gasteiger partial charge is 0.257 e. The van der Waals surface area contributed by atoms with Gasteiger partial charge in [0.1, 0.15) is 16.8 Å². The minimum absolute atomic E-state index is 0.0698. The fraction of sp³-hybridized carbons (Fsp3) is 0.222. The van der Waals surface area contributed by atoms with Crippen molar-refractivity contribution in [2.24, 2.45) is 0 Å². The number of nitrogens with one attached hydrogen (secondary N) is 2. The van der Waals surface area contributed by atoms with Crippen molar-refractivity contribution in [3.8, 4) is 5.75 Å². The van der Waals surface area contributed by atoms with Gasteiger partial charge in [-0.3, -0.25) is 10.1 Å². The molecule has 6 nitrogen and oxygen atoms in total. The molecule has 1 unspecified atom stereocenters. The molecule has 27 heavy (non-hydrogen) atoms. The van der Waals surface area contributed by atoms with Crippen LogP contribution in [0.1, 0.15) is 30.6 Å². The van der Waals surface area contributed by atoms with Gasteiger partial charge in [0.05, 0.1) is 28.5 Å². The van der Waals surface area contributed by atoms with Gasteiger partial charge in [0.2, 0.25) is 0 Å². The Hall–Kier alpha value is -2.29. The second-order valence-corrected chi connectivity index (χ2v) is 7.17. The van der Waals surface area contributed by atoms with Crippen LogP contribution in [0.25, 0.3) is 11.0 Å². The van der Waals surface area contributed by atoms with Crippen LogP contribution >= 0.6 is 35.5 Å². The first-order valence-electron chi connectivity index (χ1n) is 8.27. The van der Waals surface area contributed by atoms with Gasteiger partial charge in [0.15, 0.2) is 5.11 Å². The van der Waals surface area contributed by atoms with Gasteiger partial charge in [0.25, 0.3) is 5.91 Å². The molecular formula is C18H17ClN4O2S2. The fourth-order valence-electron chi connectivity index (χ4n) is 2.29. The molecule has 9 heteroatoms. The first kappa shape index (κ1) is 19.5. The zero-order valence-electron chi connectivity index (χ0n) is 14.7. The topological polar surface area (TPSA) is 76.1 Å². The molecule has 0 spiro atoms. The van der Waals surface area contributed by atoms with Crippen LogP contribution in [0.15, 0.2) is 36.4 Å². The predicted octanol–water partition coefficient (Wildman–Crippen LogP) is 4.65. The van der Waals surface area contributed by atoms with Crippen LogP contribution < -0.4 is 15.4 Å². The lowest BCUT2D eigenvalue weighted by Crippen LogP contribution is -2.34. The number of nitrogens with zero attached hydrogens (tertiary/aromatic N) is 2. The van der Waals surface area contributed by atoms with Crippen molar-refractivity contribution in [2.75, 3.05) is 5.32 Å². The number of hydrogen-bond donors (Lipinski definition) is 2. The summed E-state index contributed by atoms with van der Waals surface area (Å²) >= 11 is 12.6. The van der Waals surface area contributed by atoms with Gasteiger partial charge in [-0.1, -0.05) is 24.6 Å². The molecule has 1 atom stereocenters. The third kappa shape index (κ3) is 4.71. The van der Waals surface area contributed by atoms with E-state index >= 15 is 0 Å². The van der Waals surface area contributed by atoms with Gasteiger partial charge in [0, 0.05) is 5.56 Å². The van der Waals surface area contributed by atoms with Crippen LogP contribution in [0.5, 0.6) is 5.75 Å². The molecule has 1 aromatic heterocycles. The lowest BCUT2D eigenvalue weighted by Gasteiger charge is -2.14. The Balaban J connectivity index is 1.71. The summed E-state index contributed by atoms with van der Waals surface area (Å²) in [6.45, 7) is 4.01. The summed E-state index contributed by atoms with van der Waals surface area (Å²) in [6.07, 6.45) is 0.947. The number of aromatic nitrogens is 2. The molecule has 0 fully saturated rings. The lowest BCUT2D eigenvalue weighted by atomic mass is 10.2. The molecule has 0 aliphatic heterocycles. The van der Waals surface area contributed by atoms with Gasteiger partial charge >= 0.3 is 0 Å². The first-order valence-corrected chi connectivity index (χ1v) is 9.79. The molecule has 0 bridgehead atoms. The van der Waals surface area contributed by atoms with Crippen LogP contribution in [-0.4, -0.2) is 25.9 Å². The number of fused-ring (bicyclic) bond motifs is 1. The summed E-state index contributed by atoms with van der Waals surface area (Å²) < 4.78 is 14.1. The molecule has 0 saturated heterocycles. The fourth-order valence-corrected chi connectivity index (χ4v) is 3.23. The van der Waals surface area contributed by atoms with E-state index < -0.39 is 0 Å². The van der Waals surface area contributed by atoms with Crippen molar-refractivity contribution in [3.63, 3.8) is 0 Å². The summed E-state index contributed by atoms with van der Waals surface area (Å²) in [5, 5.41) is 6.14. The van der Waals surface area contributed by atoms with Gasteiger partial charge in [-0.2, -0.15) is 8.75 Å². The molecule has 2 N–H and O–H groups in total. The Kier molecular flexibility index (Phi) is 6.20. The molecule has 0 aliphatic carbocycles. The highest BCUT2D eigenvalue weighted by Crippen LogP contribution is 2.29. The molecule has 3 rings (SSSR count). The zero-order valence-corrected chi connectivity index (χ0v) is 17.0. The predicted molar refractivity (Wildman–Crippen MR) is 113 cm³/mol. The van der Waals surface area contributed by atoms with Crippen molar-refractivity contribution in [1.29, 1.82) is 0 Å². The molecule has 1 amide bonds. The number of ether oxygens (including phenoxy) is 1. The quantitative estimate of drug-likeness (QED) is 0.585. The van der Waals surface area contributed by atoms with E-state index in [1.165, 1.54) is 0 Å². The van der Waals surface area contributed by atoms with E-state index in [2.05, 4.69) is 19.4 Å². The highest BCUT2D eigenvalue weighted by molar-refractivity contribution is 7.80. The van der Waals surface area contributed by atoms with E-state index in [0.29, 0.717) is 33.1 Å². The second-order valence-electron chi connectivity index (χ2n) is 5.83. The number of anilines is 1. The van der Waals surface area contributed by atoms with Crippen molar-refractivity contribution < 1.29 is 9.53 Å². The SMILES string of the molecule is CCC(C)Oc1cccc(C(=O)NC(=S)Nc2c(Cl)ccc3nsnc23)c1. The van der Waals surface area contributed by atoms with Crippen molar-refractivity contribution >= 4 is 63.3 Å². The van der Waals surface area contributed by atoms with Crippen LogP contribution in [-0.2, 0) is 0 Å². The van der Waals surface area contributed by atoms with E-state index in [-0.39, 0.29) is 17.1 Å². The summed E-state index contributed by atoms with van der Waals surface area (Å²) in [4.78, 5) is 12.5. The summed E-state index contributed by atoms with van der Waals surface area (Å²) in [5.41, 5.74) is 2.27. The highest BCUT2D eigenvalue weighted by Gasteiger charge is 2.14. The molecule has 0 saturated carbocycles. The maximum atomic E-state index is 12.5. The third-order valence-corrected chi connectivity index (χ3v) is 4.91. The maximum Gasteiger partial charge on any atom is 0.257 e. The number of amides is 1.